The minimum atomic E-state index is -0.701. The molecule has 0 bridgehead atoms. The van der Waals surface area contributed by atoms with E-state index in [1.165, 1.54) is 12.1 Å². The molecule has 0 spiro atoms. The van der Waals surface area contributed by atoms with E-state index in [-0.39, 0.29) is 5.56 Å². The van der Waals surface area contributed by atoms with Crippen molar-refractivity contribution >= 4 is 33.5 Å². The third-order valence-electron chi connectivity index (χ3n) is 3.37. The molecule has 0 aliphatic heterocycles. The lowest BCUT2D eigenvalue weighted by molar-refractivity contribution is 0.585. The lowest BCUT2D eigenvalue weighted by Crippen LogP contribution is -2.22. The number of nitrogens with one attached hydrogen (secondary N) is 2. The minimum Gasteiger partial charge on any atom is -0.306 e. The molecule has 7 heteroatoms. The molecule has 0 radical (unpaired) electrons. The van der Waals surface area contributed by atoms with Crippen molar-refractivity contribution < 1.29 is 8.78 Å². The van der Waals surface area contributed by atoms with Crippen LogP contribution in [0.25, 0.3) is 22.0 Å². The van der Waals surface area contributed by atoms with E-state index in [2.05, 4.69) is 9.97 Å². The van der Waals surface area contributed by atoms with Crippen molar-refractivity contribution in [2.75, 3.05) is 0 Å². The third-order valence-corrected chi connectivity index (χ3v) is 4.45. The quantitative estimate of drug-likeness (QED) is 0.602. The molecule has 1 heterocycles. The standard InChI is InChI=1S/C15H9F2IN2O2/c1-6-4-9-13(19-15(22)20-14(9)21)12(18)11(6)8-3-2-7(16)5-10(8)17/h2-5H,1H3,(H2,19,20,21,22). The Kier molecular flexibility index (Phi) is 3.59. The van der Waals surface area contributed by atoms with Crippen LogP contribution in [0.3, 0.4) is 0 Å². The van der Waals surface area contributed by atoms with Gasteiger partial charge in [0.1, 0.15) is 11.6 Å². The van der Waals surface area contributed by atoms with E-state index >= 15 is 0 Å². The number of aromatic nitrogens is 2. The molecule has 2 aromatic carbocycles. The lowest BCUT2D eigenvalue weighted by Gasteiger charge is -2.12. The van der Waals surface area contributed by atoms with Crippen molar-refractivity contribution in [2.24, 2.45) is 0 Å². The van der Waals surface area contributed by atoms with Crippen LogP contribution < -0.4 is 11.2 Å². The van der Waals surface area contributed by atoms with E-state index in [9.17, 15) is 18.4 Å². The van der Waals surface area contributed by atoms with E-state index in [1.807, 2.05) is 22.6 Å². The summed E-state index contributed by atoms with van der Waals surface area (Å²) in [5.41, 5.74) is 0.576. The molecular weight excluding hydrogens is 405 g/mol. The number of hydrogen-bond acceptors (Lipinski definition) is 2. The Morgan fingerprint density at radius 2 is 1.82 bits per heavy atom. The van der Waals surface area contributed by atoms with Crippen LogP contribution in [0.15, 0.2) is 33.9 Å². The predicted octanol–water partition coefficient (Wildman–Crippen LogP) is 3.07. The number of fused-ring (bicyclic) bond motifs is 1. The first-order valence-corrected chi connectivity index (χ1v) is 7.37. The molecule has 2 N–H and O–H groups in total. The van der Waals surface area contributed by atoms with Crippen LogP contribution in [0.4, 0.5) is 8.78 Å². The van der Waals surface area contributed by atoms with E-state index in [1.54, 1.807) is 13.0 Å². The summed E-state index contributed by atoms with van der Waals surface area (Å²) < 4.78 is 27.7. The van der Waals surface area contributed by atoms with Crippen molar-refractivity contribution in [2.45, 2.75) is 6.92 Å². The molecule has 0 saturated heterocycles. The van der Waals surface area contributed by atoms with Crippen LogP contribution >= 0.6 is 22.6 Å². The summed E-state index contributed by atoms with van der Waals surface area (Å²) in [6.07, 6.45) is 0. The first-order chi connectivity index (χ1) is 10.4. The zero-order chi connectivity index (χ0) is 16.0. The maximum Gasteiger partial charge on any atom is 0.326 e. The van der Waals surface area contributed by atoms with Gasteiger partial charge in [-0.25, -0.2) is 13.6 Å². The van der Waals surface area contributed by atoms with Crippen molar-refractivity contribution in [3.05, 3.63) is 65.9 Å². The number of hydrogen-bond donors (Lipinski definition) is 2. The molecule has 0 fully saturated rings. The molecule has 3 aromatic rings. The second-order valence-corrected chi connectivity index (χ2v) is 5.92. The molecular formula is C15H9F2IN2O2. The topological polar surface area (TPSA) is 65.7 Å². The zero-order valence-corrected chi connectivity index (χ0v) is 13.4. The number of H-pyrrole nitrogens is 2. The highest BCUT2D eigenvalue weighted by Crippen LogP contribution is 2.34. The highest BCUT2D eigenvalue weighted by molar-refractivity contribution is 14.1. The average molecular weight is 414 g/mol. The SMILES string of the molecule is Cc1cc2c(=O)[nH]c(=O)[nH]c2c(I)c1-c1ccc(F)cc1F. The normalized spacial score (nSPS) is 11.1. The van der Waals surface area contributed by atoms with Gasteiger partial charge in [-0.05, 0) is 53.3 Å². The smallest absolute Gasteiger partial charge is 0.306 e. The van der Waals surface area contributed by atoms with Crippen LogP contribution in [0.1, 0.15) is 5.56 Å². The summed E-state index contributed by atoms with van der Waals surface area (Å²) >= 11 is 1.94. The summed E-state index contributed by atoms with van der Waals surface area (Å²) in [6, 6.07) is 4.88. The summed E-state index contributed by atoms with van der Waals surface area (Å²) in [5, 5.41) is 0.313. The van der Waals surface area contributed by atoms with E-state index < -0.39 is 22.9 Å². The Morgan fingerprint density at radius 1 is 1.09 bits per heavy atom. The Balaban J connectivity index is 2.45. The van der Waals surface area contributed by atoms with Gasteiger partial charge in [0.2, 0.25) is 0 Å². The molecule has 0 aliphatic rings. The fourth-order valence-corrected chi connectivity index (χ4v) is 3.56. The number of rotatable bonds is 1. The highest BCUT2D eigenvalue weighted by Gasteiger charge is 2.17. The minimum absolute atomic E-state index is 0.214. The van der Waals surface area contributed by atoms with Crippen molar-refractivity contribution in [1.29, 1.82) is 0 Å². The van der Waals surface area contributed by atoms with Gasteiger partial charge < -0.3 is 4.98 Å². The van der Waals surface area contributed by atoms with Crippen LogP contribution in [-0.4, -0.2) is 9.97 Å². The molecule has 0 saturated carbocycles. The van der Waals surface area contributed by atoms with Crippen LogP contribution in [0.5, 0.6) is 0 Å². The largest absolute Gasteiger partial charge is 0.326 e. The molecule has 0 unspecified atom stereocenters. The van der Waals surface area contributed by atoms with E-state index in [4.69, 9.17) is 0 Å². The zero-order valence-electron chi connectivity index (χ0n) is 11.3. The monoisotopic (exact) mass is 414 g/mol. The van der Waals surface area contributed by atoms with Gasteiger partial charge in [0.25, 0.3) is 5.56 Å². The Hall–Kier alpha value is -2.03. The first kappa shape index (κ1) is 14.9. The molecule has 3 rings (SSSR count). The van der Waals surface area contributed by atoms with Crippen molar-refractivity contribution in [1.82, 2.24) is 9.97 Å². The number of aryl methyl sites for hydroxylation is 1. The van der Waals surface area contributed by atoms with Crippen LogP contribution in [0, 0.1) is 22.1 Å². The maximum atomic E-state index is 14.1. The fraction of sp³-hybridized carbons (Fsp3) is 0.0667. The van der Waals surface area contributed by atoms with Gasteiger partial charge in [0.15, 0.2) is 0 Å². The summed E-state index contributed by atoms with van der Waals surface area (Å²) in [7, 11) is 0. The Morgan fingerprint density at radius 3 is 2.50 bits per heavy atom. The molecule has 4 nitrogen and oxygen atoms in total. The summed E-state index contributed by atoms with van der Waals surface area (Å²) in [6.45, 7) is 1.73. The fourth-order valence-electron chi connectivity index (χ4n) is 2.42. The lowest BCUT2D eigenvalue weighted by atomic mass is 9.98. The number of benzene rings is 2. The van der Waals surface area contributed by atoms with Gasteiger partial charge in [-0.3, -0.25) is 9.78 Å². The van der Waals surface area contributed by atoms with Gasteiger partial charge in [-0.2, -0.15) is 0 Å². The summed E-state index contributed by atoms with van der Waals surface area (Å²) in [5.74, 6) is -1.37. The van der Waals surface area contributed by atoms with Crippen molar-refractivity contribution in [3.8, 4) is 11.1 Å². The third kappa shape index (κ3) is 2.35. The van der Waals surface area contributed by atoms with E-state index in [0.717, 1.165) is 6.07 Å². The molecule has 0 atom stereocenters. The average Bonchev–Trinajstić information content (AvgIpc) is 2.42. The van der Waals surface area contributed by atoms with Gasteiger partial charge in [-0.15, -0.1) is 0 Å². The molecule has 0 aliphatic carbocycles. The van der Waals surface area contributed by atoms with Crippen LogP contribution in [0.2, 0.25) is 0 Å². The molecule has 0 amide bonds. The first-order valence-electron chi connectivity index (χ1n) is 6.29. The Bertz CT molecular complexity index is 1020. The van der Waals surface area contributed by atoms with Gasteiger partial charge in [-0.1, -0.05) is 0 Å². The maximum absolute atomic E-state index is 14.1. The van der Waals surface area contributed by atoms with Gasteiger partial charge >= 0.3 is 5.69 Å². The second kappa shape index (κ2) is 5.31. The molecule has 1 aromatic heterocycles. The second-order valence-electron chi connectivity index (χ2n) is 4.84. The number of halogens is 3. The number of aromatic amines is 2. The van der Waals surface area contributed by atoms with Crippen molar-refractivity contribution in [3.63, 3.8) is 0 Å². The van der Waals surface area contributed by atoms with Crippen LogP contribution in [-0.2, 0) is 0 Å². The highest BCUT2D eigenvalue weighted by atomic mass is 127. The molecule has 112 valence electrons. The summed E-state index contributed by atoms with van der Waals surface area (Å²) in [4.78, 5) is 28.0. The predicted molar refractivity (Wildman–Crippen MR) is 88.0 cm³/mol. The molecule has 22 heavy (non-hydrogen) atoms. The van der Waals surface area contributed by atoms with E-state index in [0.29, 0.717) is 25.6 Å². The van der Waals surface area contributed by atoms with Gasteiger partial charge in [0, 0.05) is 20.8 Å². The Labute approximate surface area is 136 Å². The van der Waals surface area contributed by atoms with Gasteiger partial charge in [0.05, 0.1) is 10.9 Å².